The largest absolute Gasteiger partial charge is 0.478 e. The quantitative estimate of drug-likeness (QED) is 0.687. The zero-order valence-corrected chi connectivity index (χ0v) is 15.3. The summed E-state index contributed by atoms with van der Waals surface area (Å²) in [6.07, 6.45) is 3.54. The average Bonchev–Trinajstić information content (AvgIpc) is 3.02. The highest BCUT2D eigenvalue weighted by Gasteiger charge is 2.24. The van der Waals surface area contributed by atoms with Crippen LogP contribution in [0.1, 0.15) is 42.7 Å². The SMILES string of the molecule is CC(C)(C)OC(=O)C(N)c1ccc2nc(-c3ccc(C(=O)O)cc3)cn2c1. The smallest absolute Gasteiger partial charge is 0.335 e. The van der Waals surface area contributed by atoms with Gasteiger partial charge in [-0.15, -0.1) is 0 Å². The third-order valence-corrected chi connectivity index (χ3v) is 3.92. The third kappa shape index (κ3) is 4.15. The second-order valence-electron chi connectivity index (χ2n) is 7.25. The molecule has 2 aromatic heterocycles. The Balaban J connectivity index is 1.88. The minimum atomic E-state index is -0.975. The summed E-state index contributed by atoms with van der Waals surface area (Å²) in [5.41, 5.74) is 8.43. The van der Waals surface area contributed by atoms with Crippen molar-refractivity contribution < 1.29 is 19.4 Å². The van der Waals surface area contributed by atoms with Gasteiger partial charge in [-0.3, -0.25) is 0 Å². The number of imidazole rings is 1. The minimum absolute atomic E-state index is 0.216. The highest BCUT2D eigenvalue weighted by atomic mass is 16.6. The van der Waals surface area contributed by atoms with Crippen LogP contribution in [0, 0.1) is 0 Å². The summed E-state index contributed by atoms with van der Waals surface area (Å²) < 4.78 is 7.11. The van der Waals surface area contributed by atoms with Crippen molar-refractivity contribution in [1.29, 1.82) is 0 Å². The number of ether oxygens (including phenoxy) is 1. The number of nitrogens with zero attached hydrogens (tertiary/aromatic N) is 2. The van der Waals surface area contributed by atoms with Gasteiger partial charge in [0, 0.05) is 18.0 Å². The lowest BCUT2D eigenvalue weighted by atomic mass is 10.1. The first-order valence-corrected chi connectivity index (χ1v) is 8.45. The molecule has 0 amide bonds. The van der Waals surface area contributed by atoms with E-state index < -0.39 is 23.6 Å². The van der Waals surface area contributed by atoms with Crippen LogP contribution in [-0.4, -0.2) is 32.0 Å². The maximum absolute atomic E-state index is 12.2. The number of fused-ring (bicyclic) bond motifs is 1. The topological polar surface area (TPSA) is 107 Å². The van der Waals surface area contributed by atoms with Crippen molar-refractivity contribution in [2.75, 3.05) is 0 Å². The van der Waals surface area contributed by atoms with Gasteiger partial charge in [0.05, 0.1) is 11.3 Å². The van der Waals surface area contributed by atoms with E-state index in [1.54, 1.807) is 61.8 Å². The van der Waals surface area contributed by atoms with Crippen molar-refractivity contribution in [2.45, 2.75) is 32.4 Å². The molecule has 7 nitrogen and oxygen atoms in total. The molecule has 3 rings (SSSR count). The van der Waals surface area contributed by atoms with Crippen LogP contribution in [0.25, 0.3) is 16.9 Å². The van der Waals surface area contributed by atoms with E-state index in [0.29, 0.717) is 16.9 Å². The molecule has 0 saturated heterocycles. The van der Waals surface area contributed by atoms with E-state index in [-0.39, 0.29) is 5.56 Å². The second-order valence-corrected chi connectivity index (χ2v) is 7.25. The number of hydrogen-bond donors (Lipinski definition) is 2. The van der Waals surface area contributed by atoms with E-state index in [9.17, 15) is 9.59 Å². The molecule has 2 heterocycles. The van der Waals surface area contributed by atoms with Crippen LogP contribution in [0.4, 0.5) is 0 Å². The molecule has 3 aromatic rings. The van der Waals surface area contributed by atoms with Gasteiger partial charge in [0.2, 0.25) is 0 Å². The number of nitrogens with two attached hydrogens (primary N) is 1. The Morgan fingerprint density at radius 2 is 1.78 bits per heavy atom. The molecule has 0 radical (unpaired) electrons. The van der Waals surface area contributed by atoms with E-state index in [1.165, 1.54) is 12.1 Å². The van der Waals surface area contributed by atoms with Gasteiger partial charge in [-0.1, -0.05) is 18.2 Å². The monoisotopic (exact) mass is 367 g/mol. The molecule has 0 aliphatic carbocycles. The lowest BCUT2D eigenvalue weighted by Gasteiger charge is -2.22. The predicted octanol–water partition coefficient (Wildman–Crippen LogP) is 3.04. The number of aromatic carboxylic acids is 1. The molecule has 0 spiro atoms. The first kappa shape index (κ1) is 18.6. The van der Waals surface area contributed by atoms with E-state index in [1.807, 2.05) is 0 Å². The number of hydrogen-bond acceptors (Lipinski definition) is 5. The van der Waals surface area contributed by atoms with Crippen LogP contribution in [-0.2, 0) is 9.53 Å². The predicted molar refractivity (Wildman–Crippen MR) is 100 cm³/mol. The molecular formula is C20H21N3O4. The van der Waals surface area contributed by atoms with Gasteiger partial charge in [0.15, 0.2) is 0 Å². The van der Waals surface area contributed by atoms with Crippen molar-refractivity contribution in [3.63, 3.8) is 0 Å². The zero-order valence-electron chi connectivity index (χ0n) is 15.3. The molecule has 0 aliphatic rings. The van der Waals surface area contributed by atoms with Crippen LogP contribution in [0.5, 0.6) is 0 Å². The summed E-state index contributed by atoms with van der Waals surface area (Å²) in [6.45, 7) is 5.37. The fourth-order valence-corrected chi connectivity index (χ4v) is 2.62. The third-order valence-electron chi connectivity index (χ3n) is 3.92. The average molecular weight is 367 g/mol. The highest BCUT2D eigenvalue weighted by Crippen LogP contribution is 2.22. The Bertz CT molecular complexity index is 1000. The van der Waals surface area contributed by atoms with Crippen molar-refractivity contribution >= 4 is 17.6 Å². The lowest BCUT2D eigenvalue weighted by molar-refractivity contribution is -0.156. The zero-order chi connectivity index (χ0) is 19.8. The van der Waals surface area contributed by atoms with Crippen molar-refractivity contribution in [3.8, 4) is 11.3 Å². The van der Waals surface area contributed by atoms with Crippen LogP contribution >= 0.6 is 0 Å². The van der Waals surface area contributed by atoms with Crippen LogP contribution in [0.15, 0.2) is 48.8 Å². The van der Waals surface area contributed by atoms with Crippen molar-refractivity contribution in [2.24, 2.45) is 5.73 Å². The molecule has 0 aliphatic heterocycles. The molecule has 7 heteroatoms. The molecule has 1 unspecified atom stereocenters. The van der Waals surface area contributed by atoms with Crippen molar-refractivity contribution in [1.82, 2.24) is 9.38 Å². The Morgan fingerprint density at radius 1 is 1.11 bits per heavy atom. The van der Waals surface area contributed by atoms with Gasteiger partial charge in [0.25, 0.3) is 0 Å². The van der Waals surface area contributed by atoms with E-state index in [2.05, 4.69) is 4.98 Å². The summed E-state index contributed by atoms with van der Waals surface area (Å²) in [5, 5.41) is 8.99. The standard InChI is InChI=1S/C20H21N3O4/c1-20(2,3)27-19(26)17(21)14-8-9-16-22-15(11-23(16)10-14)12-4-6-13(7-5-12)18(24)25/h4-11,17H,21H2,1-3H3,(H,24,25). The molecule has 140 valence electrons. The number of carbonyl (C=O) groups excluding carboxylic acids is 1. The first-order chi connectivity index (χ1) is 12.6. The summed E-state index contributed by atoms with van der Waals surface area (Å²) >= 11 is 0. The van der Waals surface area contributed by atoms with Crippen LogP contribution in [0.3, 0.4) is 0 Å². The fourth-order valence-electron chi connectivity index (χ4n) is 2.62. The maximum Gasteiger partial charge on any atom is 0.335 e. The molecule has 1 aromatic carbocycles. The normalized spacial score (nSPS) is 12.7. The van der Waals surface area contributed by atoms with Gasteiger partial charge >= 0.3 is 11.9 Å². The molecule has 0 saturated carbocycles. The van der Waals surface area contributed by atoms with E-state index in [0.717, 1.165) is 5.56 Å². The number of carboxylic acid groups (broad SMARTS) is 1. The first-order valence-electron chi connectivity index (χ1n) is 8.45. The number of pyridine rings is 1. The lowest BCUT2D eigenvalue weighted by Crippen LogP contribution is -2.31. The fraction of sp³-hybridized carbons (Fsp3) is 0.250. The van der Waals surface area contributed by atoms with Gasteiger partial charge in [-0.2, -0.15) is 0 Å². The number of benzene rings is 1. The number of aromatic nitrogens is 2. The Hall–Kier alpha value is -3.19. The summed E-state index contributed by atoms with van der Waals surface area (Å²) in [7, 11) is 0. The van der Waals surface area contributed by atoms with Crippen LogP contribution < -0.4 is 5.73 Å². The maximum atomic E-state index is 12.2. The summed E-state index contributed by atoms with van der Waals surface area (Å²) in [6, 6.07) is 9.10. The number of esters is 1. The Kier molecular flexibility index (Phi) is 4.72. The number of carbonyl (C=O) groups is 2. The molecule has 1 atom stereocenters. The summed E-state index contributed by atoms with van der Waals surface area (Å²) in [5.74, 6) is -1.47. The van der Waals surface area contributed by atoms with Gasteiger partial charge in [-0.05, 0) is 44.5 Å². The number of carboxylic acids is 1. The molecular weight excluding hydrogens is 346 g/mol. The molecule has 3 N–H and O–H groups in total. The Labute approximate surface area is 156 Å². The molecule has 0 bridgehead atoms. The molecule has 27 heavy (non-hydrogen) atoms. The van der Waals surface area contributed by atoms with Crippen LogP contribution in [0.2, 0.25) is 0 Å². The van der Waals surface area contributed by atoms with E-state index in [4.69, 9.17) is 15.6 Å². The van der Waals surface area contributed by atoms with Gasteiger partial charge in [0.1, 0.15) is 17.3 Å². The summed E-state index contributed by atoms with van der Waals surface area (Å²) in [4.78, 5) is 27.7. The number of rotatable bonds is 4. The van der Waals surface area contributed by atoms with Gasteiger partial charge < -0.3 is 20.0 Å². The highest BCUT2D eigenvalue weighted by molar-refractivity contribution is 5.88. The second kappa shape index (κ2) is 6.85. The van der Waals surface area contributed by atoms with Crippen molar-refractivity contribution in [3.05, 3.63) is 59.9 Å². The Morgan fingerprint density at radius 3 is 2.37 bits per heavy atom. The minimum Gasteiger partial charge on any atom is -0.478 e. The molecule has 0 fully saturated rings. The van der Waals surface area contributed by atoms with E-state index >= 15 is 0 Å². The van der Waals surface area contributed by atoms with Gasteiger partial charge in [-0.25, -0.2) is 14.6 Å².